The van der Waals surface area contributed by atoms with Crippen molar-refractivity contribution >= 4 is 25.7 Å². The van der Waals surface area contributed by atoms with Crippen molar-refractivity contribution in [1.29, 1.82) is 0 Å². The second-order valence-electron chi connectivity index (χ2n) is 16.9. The zero-order chi connectivity index (χ0) is 49.9. The number of aliphatic hydroxyl groups excluding tert-OH is 1. The summed E-state index contributed by atoms with van der Waals surface area (Å²) in [6, 6.07) is 0. The summed E-state index contributed by atoms with van der Waals surface area (Å²) < 4.78 is 39.2. The molecule has 0 fully saturated rings. The summed E-state index contributed by atoms with van der Waals surface area (Å²) in [6.07, 6.45) is 56.9. The van der Waals surface area contributed by atoms with Crippen LogP contribution in [0.5, 0.6) is 0 Å². The molecule has 0 aliphatic rings. The lowest BCUT2D eigenvalue weighted by Crippen LogP contribution is -2.30. The van der Waals surface area contributed by atoms with Crippen LogP contribution in [-0.4, -0.2) is 66.5 Å². The van der Waals surface area contributed by atoms with Crippen LogP contribution >= 0.6 is 7.82 Å². The number of hydrogen-bond donors (Lipinski definition) is 2. The average molecular weight is 973 g/mol. The number of esters is 3. The van der Waals surface area contributed by atoms with Gasteiger partial charge in [0.25, 0.3) is 0 Å². The maximum absolute atomic E-state index is 12.8. The molecule has 12 heteroatoms. The SMILES string of the molecule is CC/C=C\C/C=C\C/C=C\C/C=C\CCCCCCCCC(=O)OC(COC(=O)CCCCCCCCCCC)COP(=O)(O)OCC(CO)OC(=O)CC/C=C\C/C=C\C/C=C\C/C=C\CC. The summed E-state index contributed by atoms with van der Waals surface area (Å²) in [5.74, 6) is -1.58. The first kappa shape index (κ1) is 64.4. The number of phosphoric ester groups is 1. The number of allylic oxidation sites excluding steroid dienone is 16. The van der Waals surface area contributed by atoms with Gasteiger partial charge in [-0.05, 0) is 83.5 Å². The Morgan fingerprint density at radius 1 is 0.426 bits per heavy atom. The number of rotatable bonds is 47. The lowest BCUT2D eigenvalue weighted by atomic mass is 10.1. The van der Waals surface area contributed by atoms with E-state index in [1.165, 1.54) is 32.1 Å². The van der Waals surface area contributed by atoms with Crippen molar-refractivity contribution < 1.29 is 52.2 Å². The highest BCUT2D eigenvalue weighted by Crippen LogP contribution is 2.43. The van der Waals surface area contributed by atoms with Crippen LogP contribution in [0, 0.1) is 0 Å². The van der Waals surface area contributed by atoms with Gasteiger partial charge in [-0.1, -0.05) is 195 Å². The molecule has 0 aromatic carbocycles. The molecule has 0 radical (unpaired) electrons. The van der Waals surface area contributed by atoms with Crippen LogP contribution in [0.2, 0.25) is 0 Å². The summed E-state index contributed by atoms with van der Waals surface area (Å²) in [6.45, 7) is 4.27. The molecule has 68 heavy (non-hydrogen) atoms. The average Bonchev–Trinajstić information content (AvgIpc) is 3.32. The molecular formula is C56H93O11P. The molecule has 0 heterocycles. The van der Waals surface area contributed by atoms with Gasteiger partial charge in [0.2, 0.25) is 0 Å². The van der Waals surface area contributed by atoms with Crippen LogP contribution in [-0.2, 0) is 42.2 Å². The first-order valence-electron chi connectivity index (χ1n) is 26.1. The third-order valence-corrected chi connectivity index (χ3v) is 11.5. The minimum absolute atomic E-state index is 0.0517. The van der Waals surface area contributed by atoms with Crippen molar-refractivity contribution in [2.75, 3.05) is 26.4 Å². The molecule has 3 atom stereocenters. The molecular weight excluding hydrogens is 880 g/mol. The Morgan fingerprint density at radius 3 is 1.26 bits per heavy atom. The van der Waals surface area contributed by atoms with Crippen molar-refractivity contribution in [1.82, 2.24) is 0 Å². The van der Waals surface area contributed by atoms with E-state index in [1.807, 2.05) is 18.2 Å². The minimum Gasteiger partial charge on any atom is -0.462 e. The maximum atomic E-state index is 12.8. The Morgan fingerprint density at radius 2 is 0.794 bits per heavy atom. The standard InChI is InChI=1S/C56H93O11P/c1-4-7-10-13-16-19-21-23-24-25-26-27-28-30-32-35-38-41-44-47-56(60)67-53(49-63-54(58)45-42-39-36-33-18-15-12-9-6-3)51-65-68(61,62)64-50-52(48-57)66-55(59)46-43-40-37-34-31-29-22-20-17-14-11-8-5-2/h7-8,10-11,16-17,19-20,23-24,26-27,29,31,37,40,52-53,57H,4-6,9,12-15,18,21-22,25,28,30,32-36,38-39,41-51H2,1-3H3,(H,61,62)/b10-7-,11-8-,19-16-,20-17-,24-23-,27-26-,31-29-,40-37-. The van der Waals surface area contributed by atoms with E-state index in [0.29, 0.717) is 19.3 Å². The minimum atomic E-state index is -4.76. The normalized spacial score (nSPS) is 14.2. The fourth-order valence-corrected chi connectivity index (χ4v) is 7.38. The second-order valence-corrected chi connectivity index (χ2v) is 18.4. The van der Waals surface area contributed by atoms with Crippen LogP contribution in [0.3, 0.4) is 0 Å². The van der Waals surface area contributed by atoms with E-state index in [9.17, 15) is 28.9 Å². The molecule has 0 rings (SSSR count). The molecule has 388 valence electrons. The number of hydrogen-bond acceptors (Lipinski definition) is 10. The molecule has 0 aromatic heterocycles. The van der Waals surface area contributed by atoms with Gasteiger partial charge in [-0.2, -0.15) is 0 Å². The number of unbranched alkanes of at least 4 members (excludes halogenated alkanes) is 14. The Hall–Kier alpha value is -3.60. The smallest absolute Gasteiger partial charge is 0.462 e. The first-order valence-corrected chi connectivity index (χ1v) is 27.6. The van der Waals surface area contributed by atoms with E-state index in [0.717, 1.165) is 109 Å². The molecule has 0 aromatic rings. The van der Waals surface area contributed by atoms with Gasteiger partial charge in [0.15, 0.2) is 6.10 Å². The topological polar surface area (TPSA) is 155 Å². The Labute approximate surface area is 412 Å². The van der Waals surface area contributed by atoms with Crippen LogP contribution in [0.1, 0.15) is 201 Å². The lowest BCUT2D eigenvalue weighted by Gasteiger charge is -2.21. The predicted octanol–water partition coefficient (Wildman–Crippen LogP) is 14.9. The molecule has 0 bridgehead atoms. The summed E-state index contributed by atoms with van der Waals surface area (Å²) in [7, 11) is -4.76. The number of phosphoric acid groups is 1. The highest BCUT2D eigenvalue weighted by atomic mass is 31.2. The van der Waals surface area contributed by atoms with Gasteiger partial charge >= 0.3 is 25.7 Å². The number of carbonyl (C=O) groups is 3. The van der Waals surface area contributed by atoms with Crippen LogP contribution in [0.15, 0.2) is 97.2 Å². The van der Waals surface area contributed by atoms with E-state index in [4.69, 9.17) is 23.3 Å². The summed E-state index contributed by atoms with van der Waals surface area (Å²) >= 11 is 0. The van der Waals surface area contributed by atoms with Gasteiger partial charge in [0.1, 0.15) is 12.7 Å². The largest absolute Gasteiger partial charge is 0.472 e. The second kappa shape index (κ2) is 49.8. The third-order valence-electron chi connectivity index (χ3n) is 10.5. The van der Waals surface area contributed by atoms with Gasteiger partial charge in [0, 0.05) is 19.3 Å². The molecule has 0 saturated heterocycles. The van der Waals surface area contributed by atoms with Gasteiger partial charge in [-0.25, -0.2) is 4.57 Å². The monoisotopic (exact) mass is 973 g/mol. The molecule has 0 spiro atoms. The fourth-order valence-electron chi connectivity index (χ4n) is 6.59. The van der Waals surface area contributed by atoms with Crippen molar-refractivity contribution in [2.24, 2.45) is 0 Å². The van der Waals surface area contributed by atoms with Gasteiger partial charge in [-0.15, -0.1) is 0 Å². The molecule has 11 nitrogen and oxygen atoms in total. The summed E-state index contributed by atoms with van der Waals surface area (Å²) in [5.41, 5.74) is 0. The van der Waals surface area contributed by atoms with Crippen LogP contribution in [0.25, 0.3) is 0 Å². The zero-order valence-electron chi connectivity index (χ0n) is 42.5. The highest BCUT2D eigenvalue weighted by Gasteiger charge is 2.28. The van der Waals surface area contributed by atoms with E-state index >= 15 is 0 Å². The van der Waals surface area contributed by atoms with E-state index in [2.05, 4.69) is 99.8 Å². The van der Waals surface area contributed by atoms with Gasteiger partial charge in [0.05, 0.1) is 19.8 Å². The molecule has 3 unspecified atom stereocenters. The highest BCUT2D eigenvalue weighted by molar-refractivity contribution is 7.47. The quantitative estimate of drug-likeness (QED) is 0.0197. The van der Waals surface area contributed by atoms with Gasteiger partial charge < -0.3 is 24.2 Å². The van der Waals surface area contributed by atoms with Crippen molar-refractivity contribution in [2.45, 2.75) is 213 Å². The van der Waals surface area contributed by atoms with Crippen molar-refractivity contribution in [3.8, 4) is 0 Å². The number of aliphatic hydroxyl groups is 1. The Balaban J connectivity index is 4.78. The maximum Gasteiger partial charge on any atom is 0.472 e. The van der Waals surface area contributed by atoms with E-state index in [1.54, 1.807) is 0 Å². The molecule has 0 aliphatic carbocycles. The molecule has 0 amide bonds. The predicted molar refractivity (Wildman–Crippen MR) is 279 cm³/mol. The Kier molecular flexibility index (Phi) is 47.2. The third kappa shape index (κ3) is 47.5. The molecule has 0 saturated carbocycles. The summed E-state index contributed by atoms with van der Waals surface area (Å²) in [5, 5.41) is 9.75. The van der Waals surface area contributed by atoms with Crippen molar-refractivity contribution in [3.63, 3.8) is 0 Å². The zero-order valence-corrected chi connectivity index (χ0v) is 43.4. The van der Waals surface area contributed by atoms with E-state index < -0.39 is 57.8 Å². The first-order chi connectivity index (χ1) is 33.2. The number of ether oxygens (including phenoxy) is 3. The van der Waals surface area contributed by atoms with Crippen LogP contribution < -0.4 is 0 Å². The molecule has 0 aliphatic heterocycles. The molecule has 2 N–H and O–H groups in total. The lowest BCUT2D eigenvalue weighted by molar-refractivity contribution is -0.161. The number of carbonyl (C=O) groups excluding carboxylic acids is 3. The Bertz CT molecular complexity index is 1510. The van der Waals surface area contributed by atoms with Gasteiger partial charge in [-0.3, -0.25) is 23.4 Å². The van der Waals surface area contributed by atoms with E-state index in [-0.39, 0.29) is 25.9 Å². The van der Waals surface area contributed by atoms with Crippen molar-refractivity contribution in [3.05, 3.63) is 97.2 Å². The summed E-state index contributed by atoms with van der Waals surface area (Å²) in [4.78, 5) is 48.2. The van der Waals surface area contributed by atoms with Crippen LogP contribution in [0.4, 0.5) is 0 Å². The fraction of sp³-hybridized carbons (Fsp3) is 0.661.